The Hall–Kier alpha value is -0.630. The molecule has 86 valence electrons. The van der Waals surface area contributed by atoms with Gasteiger partial charge >= 0.3 is 0 Å². The average molecular weight is 210 g/mol. The van der Waals surface area contributed by atoms with Gasteiger partial charge in [-0.1, -0.05) is 18.6 Å². The number of carbonyl (C=O) groups is 1. The summed E-state index contributed by atoms with van der Waals surface area (Å²) in [7, 11) is 0. The van der Waals surface area contributed by atoms with Crippen LogP contribution in [-0.4, -0.2) is 17.0 Å². The van der Waals surface area contributed by atoms with E-state index in [1.165, 1.54) is 5.57 Å². The molecular formula is C13H22O2. The zero-order valence-electron chi connectivity index (χ0n) is 10.0. The number of rotatable bonds is 3. The van der Waals surface area contributed by atoms with Gasteiger partial charge in [0.05, 0.1) is 11.5 Å². The van der Waals surface area contributed by atoms with E-state index in [0.717, 1.165) is 25.7 Å². The first kappa shape index (κ1) is 12.4. The summed E-state index contributed by atoms with van der Waals surface area (Å²) in [5.74, 6) is 0.239. The Bertz CT molecular complexity index is 264. The Balaban J connectivity index is 2.62. The van der Waals surface area contributed by atoms with Crippen LogP contribution in [0.15, 0.2) is 11.6 Å². The van der Waals surface area contributed by atoms with Crippen LogP contribution in [0.4, 0.5) is 0 Å². The highest BCUT2D eigenvalue weighted by atomic mass is 16.3. The molecule has 2 unspecified atom stereocenters. The molecule has 2 atom stereocenters. The maximum atomic E-state index is 11.8. The molecular weight excluding hydrogens is 188 g/mol. The van der Waals surface area contributed by atoms with Gasteiger partial charge < -0.3 is 5.11 Å². The average Bonchev–Trinajstić information content (AvgIpc) is 2.14. The van der Waals surface area contributed by atoms with Crippen LogP contribution in [0.25, 0.3) is 0 Å². The minimum absolute atomic E-state index is 0.239. The summed E-state index contributed by atoms with van der Waals surface area (Å²) in [4.78, 5) is 11.8. The maximum Gasteiger partial charge on any atom is 0.141 e. The highest BCUT2D eigenvalue weighted by Crippen LogP contribution is 2.37. The standard InChI is InChI=1S/C13H22O2/c1-10(2)6-5-9-13(3)11(14)7-4-8-12(13)15/h6,11,14H,4-5,7-9H2,1-3H3. The predicted octanol–water partition coefficient (Wildman–Crippen LogP) is 2.85. The fraction of sp³-hybridized carbons (Fsp3) is 0.769. The quantitative estimate of drug-likeness (QED) is 0.727. The first-order valence-electron chi connectivity index (χ1n) is 5.81. The second kappa shape index (κ2) is 4.93. The number of aliphatic hydroxyl groups excluding tert-OH is 1. The van der Waals surface area contributed by atoms with Gasteiger partial charge in [0, 0.05) is 6.42 Å². The largest absolute Gasteiger partial charge is 0.392 e. The van der Waals surface area contributed by atoms with E-state index in [1.807, 2.05) is 6.92 Å². The van der Waals surface area contributed by atoms with Gasteiger partial charge in [0.1, 0.15) is 5.78 Å². The topological polar surface area (TPSA) is 37.3 Å². The summed E-state index contributed by atoms with van der Waals surface area (Å²) < 4.78 is 0. The summed E-state index contributed by atoms with van der Waals surface area (Å²) in [6.45, 7) is 6.03. The summed E-state index contributed by atoms with van der Waals surface area (Å²) in [6.07, 6.45) is 5.63. The Morgan fingerprint density at radius 2 is 2.27 bits per heavy atom. The summed E-state index contributed by atoms with van der Waals surface area (Å²) in [5, 5.41) is 9.92. The molecule has 0 aromatic rings. The van der Waals surface area contributed by atoms with Crippen molar-refractivity contribution in [1.82, 2.24) is 0 Å². The highest BCUT2D eigenvalue weighted by molar-refractivity contribution is 5.85. The SMILES string of the molecule is CC(C)=CCCC1(C)C(=O)CCCC1O. The fourth-order valence-corrected chi connectivity index (χ4v) is 2.21. The zero-order valence-corrected chi connectivity index (χ0v) is 10.0. The fourth-order valence-electron chi connectivity index (χ4n) is 2.21. The summed E-state index contributed by atoms with van der Waals surface area (Å²) in [6, 6.07) is 0. The summed E-state index contributed by atoms with van der Waals surface area (Å²) >= 11 is 0. The van der Waals surface area contributed by atoms with Gasteiger partial charge in [-0.2, -0.15) is 0 Å². The van der Waals surface area contributed by atoms with E-state index in [1.54, 1.807) is 0 Å². The van der Waals surface area contributed by atoms with E-state index in [9.17, 15) is 9.90 Å². The van der Waals surface area contributed by atoms with Crippen molar-refractivity contribution in [2.45, 2.75) is 59.0 Å². The van der Waals surface area contributed by atoms with Crippen LogP contribution in [0, 0.1) is 5.41 Å². The number of Topliss-reactive ketones (excluding diaryl/α,β-unsaturated/α-hetero) is 1. The lowest BCUT2D eigenvalue weighted by Crippen LogP contribution is -2.43. The minimum atomic E-state index is -0.496. The molecule has 0 aliphatic heterocycles. The zero-order chi connectivity index (χ0) is 11.5. The lowest BCUT2D eigenvalue weighted by atomic mass is 9.69. The lowest BCUT2D eigenvalue weighted by Gasteiger charge is -2.36. The Morgan fingerprint density at radius 3 is 2.80 bits per heavy atom. The number of hydrogen-bond acceptors (Lipinski definition) is 2. The number of carbonyl (C=O) groups excluding carboxylic acids is 1. The number of hydrogen-bond donors (Lipinski definition) is 1. The molecule has 0 heterocycles. The van der Waals surface area contributed by atoms with Crippen LogP contribution in [0.5, 0.6) is 0 Å². The number of allylic oxidation sites excluding steroid dienone is 2. The molecule has 1 rings (SSSR count). The molecule has 0 saturated heterocycles. The number of ketones is 1. The second-order valence-electron chi connectivity index (χ2n) is 5.07. The monoisotopic (exact) mass is 210 g/mol. The van der Waals surface area contributed by atoms with Gasteiger partial charge in [-0.15, -0.1) is 0 Å². The molecule has 2 heteroatoms. The van der Waals surface area contributed by atoms with E-state index < -0.39 is 11.5 Å². The van der Waals surface area contributed by atoms with Gasteiger partial charge in [0.15, 0.2) is 0 Å². The van der Waals surface area contributed by atoms with Crippen molar-refractivity contribution >= 4 is 5.78 Å². The molecule has 1 aliphatic rings. The summed E-state index contributed by atoms with van der Waals surface area (Å²) in [5.41, 5.74) is 0.779. The highest BCUT2D eigenvalue weighted by Gasteiger charge is 2.41. The molecule has 1 saturated carbocycles. The molecule has 0 spiro atoms. The Morgan fingerprint density at radius 1 is 1.60 bits per heavy atom. The third kappa shape index (κ3) is 2.91. The van der Waals surface area contributed by atoms with Crippen molar-refractivity contribution in [3.05, 3.63) is 11.6 Å². The van der Waals surface area contributed by atoms with Crippen molar-refractivity contribution < 1.29 is 9.90 Å². The molecule has 2 nitrogen and oxygen atoms in total. The van der Waals surface area contributed by atoms with Crippen molar-refractivity contribution in [2.24, 2.45) is 5.41 Å². The first-order valence-corrected chi connectivity index (χ1v) is 5.81. The van der Waals surface area contributed by atoms with Crippen LogP contribution >= 0.6 is 0 Å². The molecule has 0 aromatic carbocycles. The number of aliphatic hydroxyl groups is 1. The van der Waals surface area contributed by atoms with Gasteiger partial charge in [-0.3, -0.25) is 4.79 Å². The van der Waals surface area contributed by atoms with E-state index in [2.05, 4.69) is 19.9 Å². The molecule has 0 bridgehead atoms. The van der Waals surface area contributed by atoms with Gasteiger partial charge in [0.25, 0.3) is 0 Å². The van der Waals surface area contributed by atoms with Crippen LogP contribution in [0.2, 0.25) is 0 Å². The maximum absolute atomic E-state index is 11.8. The van der Waals surface area contributed by atoms with E-state index in [4.69, 9.17) is 0 Å². The molecule has 1 aliphatic carbocycles. The smallest absolute Gasteiger partial charge is 0.141 e. The molecule has 1 N–H and O–H groups in total. The first-order chi connectivity index (χ1) is 6.97. The van der Waals surface area contributed by atoms with Gasteiger partial charge in [-0.05, 0) is 39.5 Å². The van der Waals surface area contributed by atoms with Crippen molar-refractivity contribution in [3.8, 4) is 0 Å². The van der Waals surface area contributed by atoms with Gasteiger partial charge in [-0.25, -0.2) is 0 Å². The predicted molar refractivity (Wildman–Crippen MR) is 61.6 cm³/mol. The molecule has 1 fully saturated rings. The van der Waals surface area contributed by atoms with Gasteiger partial charge in [0.2, 0.25) is 0 Å². The van der Waals surface area contributed by atoms with Crippen LogP contribution < -0.4 is 0 Å². The van der Waals surface area contributed by atoms with Crippen molar-refractivity contribution in [3.63, 3.8) is 0 Å². The second-order valence-corrected chi connectivity index (χ2v) is 5.07. The lowest BCUT2D eigenvalue weighted by molar-refractivity contribution is -0.139. The van der Waals surface area contributed by atoms with E-state index in [0.29, 0.717) is 6.42 Å². The van der Waals surface area contributed by atoms with Crippen LogP contribution in [0.1, 0.15) is 52.9 Å². The molecule has 0 radical (unpaired) electrons. The normalized spacial score (nSPS) is 31.5. The molecule has 0 aromatic heterocycles. The Labute approximate surface area is 92.4 Å². The minimum Gasteiger partial charge on any atom is -0.392 e. The third-order valence-corrected chi connectivity index (χ3v) is 3.47. The van der Waals surface area contributed by atoms with E-state index in [-0.39, 0.29) is 5.78 Å². The van der Waals surface area contributed by atoms with Crippen LogP contribution in [0.3, 0.4) is 0 Å². The third-order valence-electron chi connectivity index (χ3n) is 3.47. The molecule has 0 amide bonds. The Kier molecular flexibility index (Phi) is 4.09. The molecule has 15 heavy (non-hydrogen) atoms. The van der Waals surface area contributed by atoms with Crippen molar-refractivity contribution in [2.75, 3.05) is 0 Å². The van der Waals surface area contributed by atoms with Crippen LogP contribution in [-0.2, 0) is 4.79 Å². The van der Waals surface area contributed by atoms with E-state index >= 15 is 0 Å². The van der Waals surface area contributed by atoms with Crippen molar-refractivity contribution in [1.29, 1.82) is 0 Å².